The number of anilines is 2. The topological polar surface area (TPSA) is 140 Å². The molecule has 0 amide bonds. The smallest absolute Gasteiger partial charge is 0.240 e. The lowest BCUT2D eigenvalue weighted by atomic mass is 9.83. The quantitative estimate of drug-likeness (QED) is 0.344. The summed E-state index contributed by atoms with van der Waals surface area (Å²) >= 11 is 3.43. The van der Waals surface area contributed by atoms with Crippen molar-refractivity contribution in [1.82, 2.24) is 14.7 Å². The van der Waals surface area contributed by atoms with Gasteiger partial charge in [0.2, 0.25) is 16.0 Å². The summed E-state index contributed by atoms with van der Waals surface area (Å²) in [5, 5.41) is 25.0. The van der Waals surface area contributed by atoms with E-state index in [-0.39, 0.29) is 29.4 Å². The zero-order valence-electron chi connectivity index (χ0n) is 19.6. The van der Waals surface area contributed by atoms with Crippen LogP contribution in [0.5, 0.6) is 0 Å². The van der Waals surface area contributed by atoms with Gasteiger partial charge in [0.1, 0.15) is 5.82 Å². The van der Waals surface area contributed by atoms with E-state index in [0.29, 0.717) is 29.2 Å². The standard InChI is InChI=1S/C23H33BrN6O3S/c1-3-18(15-31)28-21-20(24)14-26-22(29-21)30-23(2)10-4-5-19(11-23)34(32,33)27-13-17-8-6-16(12-25)7-9-17/h4-5,11,14,16-18,27,31H,3,6-10,13,15H2,1-2H3,(H2,26,28,29,30)/t16?,17?,18-,23?/m1/s1. The number of sulfonamides is 1. The third kappa shape index (κ3) is 7.01. The van der Waals surface area contributed by atoms with Gasteiger partial charge in [0, 0.05) is 18.7 Å². The minimum atomic E-state index is -3.67. The Kier molecular flexibility index (Phi) is 9.09. The van der Waals surface area contributed by atoms with Gasteiger partial charge >= 0.3 is 0 Å². The number of aromatic nitrogens is 2. The summed E-state index contributed by atoms with van der Waals surface area (Å²) in [5.41, 5.74) is -0.698. The maximum absolute atomic E-state index is 13.0. The number of aliphatic hydroxyl groups excluding tert-OH is 1. The molecule has 186 valence electrons. The molecule has 1 fully saturated rings. The molecule has 1 aromatic heterocycles. The second-order valence-corrected chi connectivity index (χ2v) is 11.8. The average Bonchev–Trinajstić information content (AvgIpc) is 2.83. The Morgan fingerprint density at radius 1 is 1.35 bits per heavy atom. The van der Waals surface area contributed by atoms with Crippen LogP contribution in [-0.4, -0.2) is 48.2 Å². The van der Waals surface area contributed by atoms with Crippen molar-refractivity contribution in [1.29, 1.82) is 5.26 Å². The van der Waals surface area contributed by atoms with Gasteiger partial charge in [0.05, 0.1) is 33.6 Å². The van der Waals surface area contributed by atoms with Crippen molar-refractivity contribution in [3.05, 3.63) is 33.8 Å². The third-order valence-corrected chi connectivity index (χ3v) is 8.38. The zero-order valence-corrected chi connectivity index (χ0v) is 22.0. The summed E-state index contributed by atoms with van der Waals surface area (Å²) < 4.78 is 29.4. The van der Waals surface area contributed by atoms with E-state index >= 15 is 0 Å². The highest BCUT2D eigenvalue weighted by atomic mass is 79.9. The molecule has 4 N–H and O–H groups in total. The van der Waals surface area contributed by atoms with Crippen molar-refractivity contribution < 1.29 is 13.5 Å². The molecule has 0 aliphatic heterocycles. The first kappa shape index (κ1) is 26.6. The predicted octanol–water partition coefficient (Wildman–Crippen LogP) is 3.69. The van der Waals surface area contributed by atoms with Crippen LogP contribution in [0.3, 0.4) is 0 Å². The summed E-state index contributed by atoms with van der Waals surface area (Å²) in [6.45, 7) is 4.23. The van der Waals surface area contributed by atoms with Crippen LogP contribution in [0, 0.1) is 23.2 Å². The minimum Gasteiger partial charge on any atom is -0.394 e. The molecule has 1 heterocycles. The van der Waals surface area contributed by atoms with E-state index in [4.69, 9.17) is 5.26 Å². The van der Waals surface area contributed by atoms with E-state index in [1.165, 1.54) is 0 Å². The Hall–Kier alpha value is -2.00. The van der Waals surface area contributed by atoms with Gasteiger partial charge in [-0.15, -0.1) is 0 Å². The van der Waals surface area contributed by atoms with E-state index in [9.17, 15) is 13.5 Å². The summed E-state index contributed by atoms with van der Waals surface area (Å²) in [7, 11) is -3.67. The molecule has 2 atom stereocenters. The van der Waals surface area contributed by atoms with Crippen molar-refractivity contribution in [2.45, 2.75) is 64.0 Å². The monoisotopic (exact) mass is 552 g/mol. The predicted molar refractivity (Wildman–Crippen MR) is 136 cm³/mol. The molecule has 3 rings (SSSR count). The Bertz CT molecular complexity index is 1060. The average molecular weight is 554 g/mol. The number of halogens is 1. The summed E-state index contributed by atoms with van der Waals surface area (Å²) in [6.07, 6.45) is 11.5. The van der Waals surface area contributed by atoms with Crippen LogP contribution < -0.4 is 15.4 Å². The SMILES string of the molecule is CC[C@H](CO)Nc1nc(NC2(C)C=C(S(=O)(=O)NCC3CCC(C#N)CC3)C=CC2)ncc1Br. The van der Waals surface area contributed by atoms with Crippen LogP contribution in [-0.2, 0) is 10.0 Å². The summed E-state index contributed by atoms with van der Waals surface area (Å²) in [6, 6.07) is 2.17. The molecule has 34 heavy (non-hydrogen) atoms. The van der Waals surface area contributed by atoms with Gasteiger partial charge in [-0.2, -0.15) is 10.2 Å². The van der Waals surface area contributed by atoms with E-state index in [1.807, 2.05) is 19.9 Å². The molecule has 11 heteroatoms. The first-order valence-electron chi connectivity index (χ1n) is 11.6. The van der Waals surface area contributed by atoms with E-state index in [2.05, 4.69) is 47.3 Å². The Morgan fingerprint density at radius 2 is 2.09 bits per heavy atom. The van der Waals surface area contributed by atoms with Crippen LogP contribution >= 0.6 is 15.9 Å². The third-order valence-electron chi connectivity index (χ3n) is 6.38. The fourth-order valence-electron chi connectivity index (χ4n) is 4.16. The van der Waals surface area contributed by atoms with Crippen LogP contribution in [0.1, 0.15) is 52.4 Å². The lowest BCUT2D eigenvalue weighted by Crippen LogP contribution is -2.37. The van der Waals surface area contributed by atoms with Gasteiger partial charge in [-0.1, -0.05) is 13.0 Å². The fourth-order valence-corrected chi connectivity index (χ4v) is 5.77. The van der Waals surface area contributed by atoms with Crippen molar-refractivity contribution >= 4 is 37.7 Å². The van der Waals surface area contributed by atoms with E-state index in [1.54, 1.807) is 18.3 Å². The van der Waals surface area contributed by atoms with Crippen LogP contribution in [0.25, 0.3) is 0 Å². The van der Waals surface area contributed by atoms with Crippen molar-refractivity contribution in [3.8, 4) is 6.07 Å². The second-order valence-electron chi connectivity index (χ2n) is 9.22. The lowest BCUT2D eigenvalue weighted by Gasteiger charge is -2.30. The van der Waals surface area contributed by atoms with Crippen molar-refractivity contribution in [3.63, 3.8) is 0 Å². The van der Waals surface area contributed by atoms with Crippen LogP contribution in [0.4, 0.5) is 11.8 Å². The highest BCUT2D eigenvalue weighted by molar-refractivity contribution is 9.10. The fraction of sp³-hybridized carbons (Fsp3) is 0.609. The number of nitriles is 1. The Balaban J connectivity index is 1.68. The van der Waals surface area contributed by atoms with Crippen molar-refractivity contribution in [2.75, 3.05) is 23.8 Å². The van der Waals surface area contributed by atoms with Gasteiger partial charge in [-0.3, -0.25) is 0 Å². The van der Waals surface area contributed by atoms with Gasteiger partial charge in [-0.05, 0) is 79.4 Å². The van der Waals surface area contributed by atoms with Gasteiger partial charge in [0.25, 0.3) is 0 Å². The second kappa shape index (κ2) is 11.6. The van der Waals surface area contributed by atoms with Crippen molar-refractivity contribution in [2.24, 2.45) is 11.8 Å². The van der Waals surface area contributed by atoms with Gasteiger partial charge in [-0.25, -0.2) is 18.1 Å². The Morgan fingerprint density at radius 3 is 2.74 bits per heavy atom. The maximum Gasteiger partial charge on any atom is 0.240 e. The van der Waals surface area contributed by atoms with Gasteiger partial charge < -0.3 is 15.7 Å². The molecular formula is C23H33BrN6O3S. The number of aliphatic hydroxyl groups is 1. The number of nitrogens with zero attached hydrogens (tertiary/aromatic N) is 3. The number of hydrogen-bond acceptors (Lipinski definition) is 8. The van der Waals surface area contributed by atoms with Gasteiger partial charge in [0.15, 0.2) is 0 Å². The number of nitrogens with one attached hydrogen (secondary N) is 3. The normalized spacial score (nSPS) is 25.8. The molecule has 1 aromatic rings. The zero-order chi connectivity index (χ0) is 24.8. The first-order valence-corrected chi connectivity index (χ1v) is 13.9. The minimum absolute atomic E-state index is 0.0189. The molecule has 0 aromatic carbocycles. The molecule has 2 aliphatic carbocycles. The van der Waals surface area contributed by atoms with E-state index < -0.39 is 15.6 Å². The number of allylic oxidation sites excluding steroid dienone is 1. The number of hydrogen-bond donors (Lipinski definition) is 4. The summed E-state index contributed by atoms with van der Waals surface area (Å²) in [5.74, 6) is 1.26. The van der Waals surface area contributed by atoms with Crippen LogP contribution in [0.15, 0.2) is 33.8 Å². The highest BCUT2D eigenvalue weighted by Gasteiger charge is 2.30. The largest absolute Gasteiger partial charge is 0.394 e. The molecule has 1 saturated carbocycles. The first-order chi connectivity index (χ1) is 16.2. The molecular weight excluding hydrogens is 520 g/mol. The molecule has 9 nitrogen and oxygen atoms in total. The molecule has 0 radical (unpaired) electrons. The summed E-state index contributed by atoms with van der Waals surface area (Å²) in [4.78, 5) is 9.04. The highest BCUT2D eigenvalue weighted by Crippen LogP contribution is 2.30. The molecule has 2 aliphatic rings. The number of rotatable bonds is 10. The lowest BCUT2D eigenvalue weighted by molar-refractivity contribution is 0.271. The van der Waals surface area contributed by atoms with Crippen LogP contribution in [0.2, 0.25) is 0 Å². The maximum atomic E-state index is 13.0. The molecule has 0 saturated heterocycles. The molecule has 1 unspecified atom stereocenters. The molecule has 0 bridgehead atoms. The Labute approximate surface area is 210 Å². The molecule has 0 spiro atoms. The van der Waals surface area contributed by atoms with E-state index in [0.717, 1.165) is 32.1 Å².